The van der Waals surface area contributed by atoms with E-state index in [4.69, 9.17) is 5.11 Å². The summed E-state index contributed by atoms with van der Waals surface area (Å²) in [4.78, 5) is 28.4. The highest BCUT2D eigenvalue weighted by Gasteiger charge is 2.28. The van der Waals surface area contributed by atoms with Gasteiger partial charge in [0.2, 0.25) is 0 Å². The first-order chi connectivity index (χ1) is 9.16. The summed E-state index contributed by atoms with van der Waals surface area (Å²) in [5.41, 5.74) is 0.570. The van der Waals surface area contributed by atoms with Crippen LogP contribution in [-0.4, -0.2) is 39.6 Å². The molecule has 102 valence electrons. The van der Waals surface area contributed by atoms with Gasteiger partial charge in [0.25, 0.3) is 0 Å². The lowest BCUT2D eigenvalue weighted by Gasteiger charge is -2.27. The van der Waals surface area contributed by atoms with Crippen LogP contribution in [0.3, 0.4) is 0 Å². The van der Waals surface area contributed by atoms with Crippen molar-refractivity contribution < 1.29 is 14.7 Å². The second-order valence-corrected chi connectivity index (χ2v) is 4.63. The lowest BCUT2D eigenvalue weighted by atomic mass is 10.2. The second-order valence-electron chi connectivity index (χ2n) is 4.63. The maximum Gasteiger partial charge on any atom is 0.323 e. The Kier molecular flexibility index (Phi) is 4.33. The molecule has 1 aromatic rings. The molecule has 0 radical (unpaired) electrons. The van der Waals surface area contributed by atoms with Crippen LogP contribution in [0, 0.1) is 0 Å². The Morgan fingerprint density at radius 3 is 2.74 bits per heavy atom. The highest BCUT2D eigenvalue weighted by atomic mass is 16.4. The van der Waals surface area contributed by atoms with Crippen LogP contribution in [0.2, 0.25) is 0 Å². The van der Waals surface area contributed by atoms with E-state index in [-0.39, 0.29) is 18.6 Å². The highest BCUT2D eigenvalue weighted by molar-refractivity contribution is 5.91. The fraction of sp³-hybridized carbons (Fsp3) is 0.462. The third kappa shape index (κ3) is 3.67. The van der Waals surface area contributed by atoms with Crippen molar-refractivity contribution in [3.05, 3.63) is 24.5 Å². The minimum Gasteiger partial charge on any atom is -0.480 e. The van der Waals surface area contributed by atoms with Gasteiger partial charge in [0, 0.05) is 12.2 Å². The predicted octanol–water partition coefficient (Wildman–Crippen LogP) is 1.94. The number of aliphatic carboxylic acids is 1. The molecular formula is C13H17N3O3. The van der Waals surface area contributed by atoms with E-state index in [0.717, 1.165) is 25.7 Å². The Balaban J connectivity index is 2.04. The van der Waals surface area contributed by atoms with E-state index in [2.05, 4.69) is 10.3 Å². The molecule has 1 aliphatic rings. The van der Waals surface area contributed by atoms with Gasteiger partial charge in [-0.05, 0) is 25.0 Å². The molecule has 0 saturated heterocycles. The fourth-order valence-electron chi connectivity index (χ4n) is 2.36. The molecule has 2 rings (SSSR count). The van der Waals surface area contributed by atoms with E-state index in [1.807, 2.05) is 0 Å². The molecule has 1 aromatic heterocycles. The van der Waals surface area contributed by atoms with Crippen LogP contribution in [0.15, 0.2) is 24.5 Å². The fourth-order valence-corrected chi connectivity index (χ4v) is 2.36. The topological polar surface area (TPSA) is 82.5 Å². The number of nitrogens with zero attached hydrogens (tertiary/aromatic N) is 2. The summed E-state index contributed by atoms with van der Waals surface area (Å²) in [5.74, 6) is -0.992. The second kappa shape index (κ2) is 6.17. The maximum absolute atomic E-state index is 12.2. The van der Waals surface area contributed by atoms with Crippen molar-refractivity contribution in [1.29, 1.82) is 0 Å². The van der Waals surface area contributed by atoms with Crippen LogP contribution in [0.5, 0.6) is 0 Å². The van der Waals surface area contributed by atoms with Crippen molar-refractivity contribution in [2.75, 3.05) is 11.9 Å². The minimum absolute atomic E-state index is 0.0211. The number of carboxylic acids is 1. The van der Waals surface area contributed by atoms with Gasteiger partial charge in [0.05, 0.1) is 11.9 Å². The zero-order chi connectivity index (χ0) is 13.7. The quantitative estimate of drug-likeness (QED) is 0.869. The molecule has 0 aliphatic heterocycles. The van der Waals surface area contributed by atoms with Crippen LogP contribution < -0.4 is 5.32 Å². The summed E-state index contributed by atoms with van der Waals surface area (Å²) < 4.78 is 0. The number of hydrogen-bond donors (Lipinski definition) is 2. The third-order valence-corrected chi connectivity index (χ3v) is 3.24. The molecule has 1 saturated carbocycles. The molecule has 0 atom stereocenters. The van der Waals surface area contributed by atoms with Crippen molar-refractivity contribution in [3.8, 4) is 0 Å². The van der Waals surface area contributed by atoms with Crippen molar-refractivity contribution in [1.82, 2.24) is 9.88 Å². The molecule has 19 heavy (non-hydrogen) atoms. The SMILES string of the molecule is O=C(O)CN(C(=O)Nc1cccnc1)C1CCCC1. The summed E-state index contributed by atoms with van der Waals surface area (Å²) in [6.45, 7) is -0.267. The number of carboxylic acid groups (broad SMARTS) is 1. The Morgan fingerprint density at radius 1 is 1.42 bits per heavy atom. The Morgan fingerprint density at radius 2 is 2.16 bits per heavy atom. The first-order valence-electron chi connectivity index (χ1n) is 6.36. The molecule has 0 unspecified atom stereocenters. The van der Waals surface area contributed by atoms with Crippen LogP contribution in [0.1, 0.15) is 25.7 Å². The molecule has 1 fully saturated rings. The molecule has 0 bridgehead atoms. The number of pyridine rings is 1. The normalized spacial score (nSPS) is 15.2. The van der Waals surface area contributed by atoms with E-state index in [9.17, 15) is 9.59 Å². The van der Waals surface area contributed by atoms with E-state index in [1.54, 1.807) is 18.3 Å². The molecule has 6 nitrogen and oxygen atoms in total. The molecular weight excluding hydrogens is 246 g/mol. The van der Waals surface area contributed by atoms with Gasteiger partial charge in [-0.3, -0.25) is 9.78 Å². The Labute approximate surface area is 111 Å². The lowest BCUT2D eigenvalue weighted by molar-refractivity contribution is -0.138. The summed E-state index contributed by atoms with van der Waals surface area (Å²) >= 11 is 0. The maximum atomic E-state index is 12.2. The van der Waals surface area contributed by atoms with Gasteiger partial charge in [-0.15, -0.1) is 0 Å². The van der Waals surface area contributed by atoms with Crippen molar-refractivity contribution in [2.45, 2.75) is 31.7 Å². The number of rotatable bonds is 4. The number of anilines is 1. The number of carbonyl (C=O) groups is 2. The standard InChI is InChI=1S/C13H17N3O3/c17-12(18)9-16(11-5-1-2-6-11)13(19)15-10-4-3-7-14-8-10/h3-4,7-8,11H,1-2,5-6,9H2,(H,15,19)(H,17,18). The van der Waals surface area contributed by atoms with E-state index >= 15 is 0 Å². The predicted molar refractivity (Wildman–Crippen MR) is 69.9 cm³/mol. The zero-order valence-electron chi connectivity index (χ0n) is 10.6. The summed E-state index contributed by atoms with van der Waals surface area (Å²) in [5, 5.41) is 11.6. The molecule has 1 heterocycles. The van der Waals surface area contributed by atoms with Crippen molar-refractivity contribution in [3.63, 3.8) is 0 Å². The van der Waals surface area contributed by atoms with E-state index in [0.29, 0.717) is 5.69 Å². The lowest BCUT2D eigenvalue weighted by Crippen LogP contribution is -2.44. The monoisotopic (exact) mass is 263 g/mol. The smallest absolute Gasteiger partial charge is 0.323 e. The molecule has 1 aliphatic carbocycles. The first-order valence-corrected chi connectivity index (χ1v) is 6.36. The number of carbonyl (C=O) groups excluding carboxylic acids is 1. The van der Waals surface area contributed by atoms with Gasteiger partial charge in [-0.2, -0.15) is 0 Å². The van der Waals surface area contributed by atoms with E-state index < -0.39 is 5.97 Å². The van der Waals surface area contributed by atoms with Crippen molar-refractivity contribution in [2.24, 2.45) is 0 Å². The minimum atomic E-state index is -0.992. The van der Waals surface area contributed by atoms with Gasteiger partial charge in [0.15, 0.2) is 0 Å². The van der Waals surface area contributed by atoms with Gasteiger partial charge >= 0.3 is 12.0 Å². The summed E-state index contributed by atoms with van der Waals surface area (Å²) in [6, 6.07) is 3.08. The molecule has 0 aromatic carbocycles. The van der Waals surface area contributed by atoms with Crippen LogP contribution in [0.4, 0.5) is 10.5 Å². The first kappa shape index (κ1) is 13.3. The van der Waals surface area contributed by atoms with Gasteiger partial charge in [-0.1, -0.05) is 12.8 Å². The van der Waals surface area contributed by atoms with Crippen LogP contribution in [0.25, 0.3) is 0 Å². The van der Waals surface area contributed by atoms with Crippen LogP contribution in [-0.2, 0) is 4.79 Å². The Hall–Kier alpha value is -2.11. The number of hydrogen-bond acceptors (Lipinski definition) is 3. The average molecular weight is 263 g/mol. The number of aromatic nitrogens is 1. The van der Waals surface area contributed by atoms with Crippen LogP contribution >= 0.6 is 0 Å². The number of amides is 2. The molecule has 0 spiro atoms. The number of urea groups is 1. The summed E-state index contributed by atoms with van der Waals surface area (Å²) in [7, 11) is 0. The average Bonchev–Trinajstić information content (AvgIpc) is 2.90. The molecule has 6 heteroatoms. The molecule has 2 N–H and O–H groups in total. The van der Waals surface area contributed by atoms with Gasteiger partial charge in [-0.25, -0.2) is 4.79 Å². The number of nitrogens with one attached hydrogen (secondary N) is 1. The largest absolute Gasteiger partial charge is 0.480 e. The van der Waals surface area contributed by atoms with E-state index in [1.165, 1.54) is 11.1 Å². The zero-order valence-corrected chi connectivity index (χ0v) is 10.6. The third-order valence-electron chi connectivity index (χ3n) is 3.24. The Bertz CT molecular complexity index is 444. The summed E-state index contributed by atoms with van der Waals surface area (Å²) in [6.07, 6.45) is 6.97. The van der Waals surface area contributed by atoms with Gasteiger partial charge in [0.1, 0.15) is 6.54 Å². The highest BCUT2D eigenvalue weighted by Crippen LogP contribution is 2.24. The molecule has 2 amide bonds. The van der Waals surface area contributed by atoms with Gasteiger partial charge < -0.3 is 15.3 Å². The van der Waals surface area contributed by atoms with Crippen molar-refractivity contribution >= 4 is 17.7 Å².